The normalized spacial score (nSPS) is 13.3. The van der Waals surface area contributed by atoms with Crippen molar-refractivity contribution < 1.29 is 0 Å². The maximum Gasteiger partial charge on any atom is 0.111 e. The van der Waals surface area contributed by atoms with Gasteiger partial charge in [-0.1, -0.05) is 11.6 Å². The number of benzene rings is 1. The molecule has 0 aliphatic carbocycles. The number of aromatic nitrogens is 2. The molecule has 80 valence electrons. The molecule has 2 N–H and O–H groups in total. The van der Waals surface area contributed by atoms with E-state index in [2.05, 4.69) is 9.55 Å². The van der Waals surface area contributed by atoms with Crippen LogP contribution in [0.2, 0.25) is 5.02 Å². The minimum absolute atomic E-state index is 0.121. The summed E-state index contributed by atoms with van der Waals surface area (Å²) in [5.74, 6) is 1.00. The van der Waals surface area contributed by atoms with Gasteiger partial charge in [-0.15, -0.1) is 0 Å². The molecule has 0 aliphatic heterocycles. The molecule has 0 fully saturated rings. The highest BCUT2D eigenvalue weighted by Gasteiger charge is 2.09. The van der Waals surface area contributed by atoms with Crippen LogP contribution in [0.4, 0.5) is 0 Å². The van der Waals surface area contributed by atoms with Crippen LogP contribution in [0.3, 0.4) is 0 Å². The molecule has 0 spiro atoms. The predicted octanol–water partition coefficient (Wildman–Crippen LogP) is 2.12. The monoisotopic (exact) mass is 223 g/mol. The number of imidazole rings is 1. The van der Waals surface area contributed by atoms with E-state index in [-0.39, 0.29) is 6.04 Å². The van der Waals surface area contributed by atoms with Crippen LogP contribution >= 0.6 is 11.6 Å². The lowest BCUT2D eigenvalue weighted by Crippen LogP contribution is -2.19. The fraction of sp³-hybridized carbons (Fsp3) is 0.364. The third kappa shape index (κ3) is 1.98. The van der Waals surface area contributed by atoms with Crippen LogP contribution in [0.15, 0.2) is 18.2 Å². The lowest BCUT2D eigenvalue weighted by atomic mass is 10.2. The van der Waals surface area contributed by atoms with Gasteiger partial charge in [0, 0.05) is 24.5 Å². The Labute approximate surface area is 93.9 Å². The summed E-state index contributed by atoms with van der Waals surface area (Å²) in [7, 11) is 2.00. The second-order valence-electron chi connectivity index (χ2n) is 3.90. The van der Waals surface area contributed by atoms with Crippen LogP contribution < -0.4 is 5.73 Å². The van der Waals surface area contributed by atoms with E-state index in [4.69, 9.17) is 17.3 Å². The Bertz CT molecular complexity index is 488. The van der Waals surface area contributed by atoms with Gasteiger partial charge in [-0.05, 0) is 25.1 Å². The van der Waals surface area contributed by atoms with E-state index in [1.54, 1.807) is 0 Å². The van der Waals surface area contributed by atoms with E-state index in [9.17, 15) is 0 Å². The molecular formula is C11H14ClN3. The largest absolute Gasteiger partial charge is 0.331 e. The summed E-state index contributed by atoms with van der Waals surface area (Å²) >= 11 is 5.91. The van der Waals surface area contributed by atoms with Crippen LogP contribution in [0, 0.1) is 0 Å². The minimum Gasteiger partial charge on any atom is -0.331 e. The molecule has 4 heteroatoms. The Kier molecular flexibility index (Phi) is 2.67. The van der Waals surface area contributed by atoms with Crippen molar-refractivity contribution in [1.82, 2.24) is 9.55 Å². The van der Waals surface area contributed by atoms with Gasteiger partial charge >= 0.3 is 0 Å². The zero-order valence-corrected chi connectivity index (χ0v) is 9.62. The quantitative estimate of drug-likeness (QED) is 0.848. The molecule has 3 nitrogen and oxygen atoms in total. The van der Waals surface area contributed by atoms with Crippen molar-refractivity contribution in [3.63, 3.8) is 0 Å². The van der Waals surface area contributed by atoms with Crippen molar-refractivity contribution in [3.05, 3.63) is 29.0 Å². The third-order valence-electron chi connectivity index (χ3n) is 2.44. The second-order valence-corrected chi connectivity index (χ2v) is 4.34. The molecular weight excluding hydrogens is 210 g/mol. The van der Waals surface area contributed by atoms with Gasteiger partial charge in [-0.2, -0.15) is 0 Å². The van der Waals surface area contributed by atoms with Crippen molar-refractivity contribution >= 4 is 22.6 Å². The number of nitrogens with two attached hydrogens (primary N) is 1. The zero-order valence-electron chi connectivity index (χ0n) is 8.87. The van der Waals surface area contributed by atoms with E-state index in [1.807, 2.05) is 32.2 Å². The molecule has 1 aromatic carbocycles. The van der Waals surface area contributed by atoms with Crippen molar-refractivity contribution in [2.24, 2.45) is 12.8 Å². The Morgan fingerprint density at radius 1 is 1.53 bits per heavy atom. The molecule has 1 aromatic heterocycles. The first-order chi connectivity index (χ1) is 7.08. The van der Waals surface area contributed by atoms with E-state index in [0.29, 0.717) is 5.02 Å². The highest BCUT2D eigenvalue weighted by Crippen LogP contribution is 2.19. The fourth-order valence-electron chi connectivity index (χ4n) is 1.69. The number of fused-ring (bicyclic) bond motifs is 1. The molecule has 0 amide bonds. The summed E-state index contributed by atoms with van der Waals surface area (Å²) in [6.07, 6.45) is 0.781. The molecule has 2 rings (SSSR count). The summed E-state index contributed by atoms with van der Waals surface area (Å²) in [4.78, 5) is 4.51. The van der Waals surface area contributed by atoms with E-state index < -0.39 is 0 Å². The smallest absolute Gasteiger partial charge is 0.111 e. The summed E-state index contributed by atoms with van der Waals surface area (Å²) in [6.45, 7) is 1.98. The Morgan fingerprint density at radius 2 is 2.27 bits per heavy atom. The van der Waals surface area contributed by atoms with Gasteiger partial charge in [0.25, 0.3) is 0 Å². The predicted molar refractivity (Wildman–Crippen MR) is 63.1 cm³/mol. The van der Waals surface area contributed by atoms with Crippen molar-refractivity contribution in [1.29, 1.82) is 0 Å². The molecule has 15 heavy (non-hydrogen) atoms. The van der Waals surface area contributed by atoms with Gasteiger partial charge in [0.15, 0.2) is 0 Å². The average Bonchev–Trinajstić information content (AvgIpc) is 2.42. The molecule has 2 aromatic rings. The minimum atomic E-state index is 0.121. The highest BCUT2D eigenvalue weighted by molar-refractivity contribution is 6.31. The summed E-state index contributed by atoms with van der Waals surface area (Å²) in [5, 5.41) is 0.716. The van der Waals surface area contributed by atoms with Gasteiger partial charge < -0.3 is 10.3 Å². The molecule has 1 atom stereocenters. The number of hydrogen-bond donors (Lipinski definition) is 1. The molecule has 0 bridgehead atoms. The van der Waals surface area contributed by atoms with Gasteiger partial charge in [-0.25, -0.2) is 4.98 Å². The number of nitrogens with zero attached hydrogens (tertiary/aromatic N) is 2. The maximum atomic E-state index is 5.91. The molecule has 0 saturated carbocycles. The van der Waals surface area contributed by atoms with Crippen LogP contribution in [0.25, 0.3) is 11.0 Å². The molecule has 0 radical (unpaired) electrons. The summed E-state index contributed by atoms with van der Waals surface area (Å²) < 4.78 is 2.06. The van der Waals surface area contributed by atoms with Crippen LogP contribution in [0.1, 0.15) is 12.7 Å². The molecule has 1 heterocycles. The number of halogens is 1. The van der Waals surface area contributed by atoms with Gasteiger partial charge in [-0.3, -0.25) is 0 Å². The van der Waals surface area contributed by atoms with E-state index >= 15 is 0 Å². The van der Waals surface area contributed by atoms with E-state index in [0.717, 1.165) is 23.3 Å². The first-order valence-electron chi connectivity index (χ1n) is 4.94. The number of hydrogen-bond acceptors (Lipinski definition) is 2. The van der Waals surface area contributed by atoms with Crippen molar-refractivity contribution in [2.45, 2.75) is 19.4 Å². The second kappa shape index (κ2) is 3.83. The van der Waals surface area contributed by atoms with Crippen molar-refractivity contribution in [3.8, 4) is 0 Å². The first kappa shape index (κ1) is 10.5. The Hall–Kier alpha value is -1.06. The zero-order chi connectivity index (χ0) is 11.0. The fourth-order valence-corrected chi connectivity index (χ4v) is 1.86. The molecule has 0 aliphatic rings. The first-order valence-corrected chi connectivity index (χ1v) is 5.32. The van der Waals surface area contributed by atoms with E-state index in [1.165, 1.54) is 0 Å². The van der Waals surface area contributed by atoms with Crippen LogP contribution in [-0.2, 0) is 13.5 Å². The number of rotatable bonds is 2. The maximum absolute atomic E-state index is 5.91. The van der Waals surface area contributed by atoms with Gasteiger partial charge in [0.05, 0.1) is 11.0 Å². The standard InChI is InChI=1S/C11H14ClN3/c1-7(13)5-11-14-9-6-8(12)3-4-10(9)15(11)2/h3-4,6-7H,5,13H2,1-2H3. The summed E-state index contributed by atoms with van der Waals surface area (Å²) in [6, 6.07) is 5.86. The van der Waals surface area contributed by atoms with Gasteiger partial charge in [0.1, 0.15) is 5.82 Å². The average molecular weight is 224 g/mol. The SMILES string of the molecule is CC(N)Cc1nc2cc(Cl)ccc2n1C. The van der Waals surface area contributed by atoms with Crippen molar-refractivity contribution in [2.75, 3.05) is 0 Å². The highest BCUT2D eigenvalue weighted by atomic mass is 35.5. The third-order valence-corrected chi connectivity index (χ3v) is 2.68. The summed E-state index contributed by atoms with van der Waals surface area (Å²) in [5.41, 5.74) is 7.79. The lowest BCUT2D eigenvalue weighted by Gasteiger charge is -2.04. The molecule has 1 unspecified atom stereocenters. The lowest BCUT2D eigenvalue weighted by molar-refractivity contribution is 0.678. The van der Waals surface area contributed by atoms with Gasteiger partial charge in [0.2, 0.25) is 0 Å². The number of aryl methyl sites for hydroxylation is 1. The molecule has 0 saturated heterocycles. The Morgan fingerprint density at radius 3 is 2.93 bits per heavy atom. The van der Waals surface area contributed by atoms with Crippen LogP contribution in [-0.4, -0.2) is 15.6 Å². The Balaban J connectivity index is 2.54. The van der Waals surface area contributed by atoms with Crippen LogP contribution in [0.5, 0.6) is 0 Å². The topological polar surface area (TPSA) is 43.8 Å².